The Hall–Kier alpha value is -2.69. The van der Waals surface area contributed by atoms with Gasteiger partial charge < -0.3 is 14.8 Å². The summed E-state index contributed by atoms with van der Waals surface area (Å²) < 4.78 is 10.0. The summed E-state index contributed by atoms with van der Waals surface area (Å²) in [4.78, 5) is 42.8. The minimum absolute atomic E-state index is 0.313. The van der Waals surface area contributed by atoms with E-state index in [1.54, 1.807) is 24.6 Å². The molecule has 0 saturated carbocycles. The summed E-state index contributed by atoms with van der Waals surface area (Å²) in [6.45, 7) is 3.16. The average Bonchev–Trinajstić information content (AvgIpc) is 3.38. The normalized spacial score (nSPS) is 10.5. The van der Waals surface area contributed by atoms with Crippen LogP contribution in [0.5, 0.6) is 0 Å². The second kappa shape index (κ2) is 10.6. The molecule has 0 atom stereocenters. The van der Waals surface area contributed by atoms with E-state index in [-0.39, 0.29) is 0 Å². The first kappa shape index (κ1) is 23.0. The molecule has 0 aliphatic carbocycles. The number of carbonyl (C=O) groups excluding carboxylic acids is 3. The number of carbonyl (C=O) groups is 3. The van der Waals surface area contributed by atoms with Gasteiger partial charge in [0.05, 0.1) is 29.4 Å². The van der Waals surface area contributed by atoms with Crippen LogP contribution in [0.2, 0.25) is 0 Å². The third-order valence-corrected chi connectivity index (χ3v) is 7.19. The molecule has 0 bridgehead atoms. The molecule has 0 unspecified atom stereocenters. The van der Waals surface area contributed by atoms with Crippen LogP contribution < -0.4 is 5.32 Å². The van der Waals surface area contributed by atoms with E-state index in [0.29, 0.717) is 21.9 Å². The van der Waals surface area contributed by atoms with Gasteiger partial charge >= 0.3 is 11.9 Å². The maximum absolute atomic E-state index is 12.6. The molecule has 0 aliphatic rings. The summed E-state index contributed by atoms with van der Waals surface area (Å²) in [5.41, 5.74) is 4.13. The van der Waals surface area contributed by atoms with Crippen molar-refractivity contribution in [2.45, 2.75) is 24.5 Å². The van der Waals surface area contributed by atoms with E-state index >= 15 is 0 Å². The van der Waals surface area contributed by atoms with E-state index in [9.17, 15) is 14.4 Å². The van der Waals surface area contributed by atoms with E-state index < -0.39 is 24.5 Å². The van der Waals surface area contributed by atoms with E-state index in [4.69, 9.17) is 9.47 Å². The smallest absolute Gasteiger partial charge is 0.341 e. The number of methoxy groups -OCH3 is 1. The van der Waals surface area contributed by atoms with Crippen LogP contribution in [0.1, 0.15) is 36.9 Å². The molecule has 0 radical (unpaired) electrons. The second-order valence-corrected chi connectivity index (χ2v) is 9.33. The fraction of sp³-hybridized carbons (Fsp3) is 0.238. The lowest BCUT2D eigenvalue weighted by atomic mass is 10.1. The van der Waals surface area contributed by atoms with Gasteiger partial charge in [-0.1, -0.05) is 12.1 Å². The predicted octanol–water partition coefficient (Wildman–Crippen LogP) is 4.70. The molecule has 1 aromatic carbocycles. The lowest BCUT2D eigenvalue weighted by Crippen LogP contribution is -2.22. The highest BCUT2D eigenvalue weighted by Gasteiger charge is 2.22. The number of esters is 2. The average molecular weight is 477 g/mol. The van der Waals surface area contributed by atoms with Gasteiger partial charge in [-0.25, -0.2) is 14.6 Å². The van der Waals surface area contributed by atoms with Crippen LogP contribution in [0.3, 0.4) is 0 Å². The van der Waals surface area contributed by atoms with E-state index in [2.05, 4.69) is 10.3 Å². The number of nitrogens with one attached hydrogen (secondary N) is 1. The highest BCUT2D eigenvalue weighted by Crippen LogP contribution is 2.33. The van der Waals surface area contributed by atoms with Crippen LogP contribution in [-0.2, 0) is 20.0 Å². The van der Waals surface area contributed by atoms with Crippen molar-refractivity contribution in [3.8, 4) is 0 Å². The van der Waals surface area contributed by atoms with Gasteiger partial charge in [0.2, 0.25) is 0 Å². The number of thiophene rings is 1. The summed E-state index contributed by atoms with van der Waals surface area (Å²) in [7, 11) is 1.28. The monoisotopic (exact) mass is 476 g/mol. The van der Waals surface area contributed by atoms with E-state index in [1.807, 2.05) is 24.4 Å². The topological polar surface area (TPSA) is 94.6 Å². The minimum Gasteiger partial charge on any atom is -0.465 e. The van der Waals surface area contributed by atoms with Gasteiger partial charge in [-0.3, -0.25) is 4.79 Å². The Bertz CT molecular complexity index is 1090. The quantitative estimate of drug-likeness (QED) is 0.372. The first-order valence-electron chi connectivity index (χ1n) is 9.14. The summed E-state index contributed by atoms with van der Waals surface area (Å²) >= 11 is 4.26. The number of thioether (sulfide) groups is 1. The first-order valence-corrected chi connectivity index (χ1v) is 11.9. The number of rotatable bonds is 8. The molecule has 31 heavy (non-hydrogen) atoms. The third kappa shape index (κ3) is 5.72. The zero-order chi connectivity index (χ0) is 22.4. The Morgan fingerprint density at radius 1 is 1.16 bits per heavy atom. The molecule has 0 fully saturated rings. The lowest BCUT2D eigenvalue weighted by Gasteiger charge is -2.09. The molecule has 2 aromatic heterocycles. The van der Waals surface area contributed by atoms with Crippen molar-refractivity contribution in [2.24, 2.45) is 0 Å². The molecule has 10 heteroatoms. The fourth-order valence-corrected chi connectivity index (χ4v) is 5.33. The van der Waals surface area contributed by atoms with Crippen molar-refractivity contribution in [3.05, 3.63) is 62.4 Å². The molecular weight excluding hydrogens is 456 g/mol. The zero-order valence-corrected chi connectivity index (χ0v) is 19.5. The molecule has 1 N–H and O–H groups in total. The second-order valence-electron chi connectivity index (χ2n) is 6.37. The molecule has 0 spiro atoms. The molecule has 0 saturated heterocycles. The zero-order valence-electron chi connectivity index (χ0n) is 17.1. The predicted molar refractivity (Wildman–Crippen MR) is 122 cm³/mol. The molecule has 0 aliphatic heterocycles. The number of hydrogen-bond acceptors (Lipinski definition) is 9. The van der Waals surface area contributed by atoms with Crippen molar-refractivity contribution < 1.29 is 23.9 Å². The number of thiazole rings is 1. The van der Waals surface area contributed by atoms with Gasteiger partial charge in [0.25, 0.3) is 5.91 Å². The van der Waals surface area contributed by atoms with Gasteiger partial charge in [0.1, 0.15) is 5.00 Å². The Kier molecular flexibility index (Phi) is 7.83. The number of amides is 1. The van der Waals surface area contributed by atoms with Gasteiger partial charge in [0.15, 0.2) is 6.61 Å². The largest absolute Gasteiger partial charge is 0.465 e. The molecule has 3 rings (SSSR count). The number of aromatic nitrogens is 1. The SMILES string of the molecule is COC(=O)c1c(NC(=O)COC(=O)c2ccccc2SCc2cscn2)sc(C)c1C. The van der Waals surface area contributed by atoms with Crippen molar-refractivity contribution in [3.63, 3.8) is 0 Å². The highest BCUT2D eigenvalue weighted by molar-refractivity contribution is 7.98. The fourth-order valence-electron chi connectivity index (χ4n) is 2.66. The number of hydrogen-bond donors (Lipinski definition) is 1. The number of nitrogens with zero attached hydrogens (tertiary/aromatic N) is 1. The Labute approximate surface area is 191 Å². The van der Waals surface area contributed by atoms with Crippen molar-refractivity contribution in [1.82, 2.24) is 4.98 Å². The third-order valence-electron chi connectivity index (χ3n) is 4.33. The summed E-state index contributed by atoms with van der Waals surface area (Å²) in [6, 6.07) is 7.06. The molecule has 162 valence electrons. The van der Waals surface area contributed by atoms with Crippen molar-refractivity contribution >= 4 is 57.3 Å². The Morgan fingerprint density at radius 3 is 2.65 bits per heavy atom. The van der Waals surface area contributed by atoms with E-state index in [0.717, 1.165) is 21.0 Å². The maximum atomic E-state index is 12.6. The Morgan fingerprint density at radius 2 is 1.94 bits per heavy atom. The van der Waals surface area contributed by atoms with E-state index in [1.165, 1.54) is 41.5 Å². The van der Waals surface area contributed by atoms with Gasteiger partial charge in [-0.2, -0.15) is 0 Å². The summed E-state index contributed by atoms with van der Waals surface area (Å²) in [5.74, 6) is -1.03. The summed E-state index contributed by atoms with van der Waals surface area (Å²) in [5, 5.41) is 4.97. The number of aryl methyl sites for hydroxylation is 1. The van der Waals surface area contributed by atoms with Crippen LogP contribution in [0.15, 0.2) is 40.1 Å². The van der Waals surface area contributed by atoms with Gasteiger partial charge in [0, 0.05) is 20.9 Å². The Balaban J connectivity index is 1.62. The molecular formula is C21H20N2O5S3. The molecule has 1 amide bonds. The maximum Gasteiger partial charge on any atom is 0.341 e. The lowest BCUT2D eigenvalue weighted by molar-refractivity contribution is -0.119. The minimum atomic E-state index is -0.594. The standard InChI is InChI=1S/C21H20N2O5S3/c1-12-13(2)31-19(18(12)21(26)27-3)23-17(24)8-28-20(25)15-6-4-5-7-16(15)30-10-14-9-29-11-22-14/h4-7,9,11H,8,10H2,1-3H3,(H,23,24). The van der Waals surface area contributed by atoms with Crippen LogP contribution in [0.25, 0.3) is 0 Å². The van der Waals surface area contributed by atoms with Crippen LogP contribution >= 0.6 is 34.4 Å². The van der Waals surface area contributed by atoms with Gasteiger partial charge in [-0.05, 0) is 31.5 Å². The van der Waals surface area contributed by atoms with Crippen molar-refractivity contribution in [2.75, 3.05) is 19.0 Å². The summed E-state index contributed by atoms with van der Waals surface area (Å²) in [6.07, 6.45) is 0. The number of ether oxygens (including phenoxy) is 2. The number of anilines is 1. The highest BCUT2D eigenvalue weighted by atomic mass is 32.2. The first-order chi connectivity index (χ1) is 14.9. The molecule has 2 heterocycles. The molecule has 3 aromatic rings. The van der Waals surface area contributed by atoms with Crippen molar-refractivity contribution in [1.29, 1.82) is 0 Å². The molecule has 7 nitrogen and oxygen atoms in total. The van der Waals surface area contributed by atoms with Crippen LogP contribution in [0.4, 0.5) is 5.00 Å². The van der Waals surface area contributed by atoms with Gasteiger partial charge in [-0.15, -0.1) is 34.4 Å². The van der Waals surface area contributed by atoms with Crippen LogP contribution in [-0.4, -0.2) is 36.5 Å². The van der Waals surface area contributed by atoms with Crippen LogP contribution in [0, 0.1) is 13.8 Å². The number of benzene rings is 1.